The topological polar surface area (TPSA) is 112 Å². The maximum Gasteiger partial charge on any atom is 0.462 e. The monoisotopic (exact) mass is 526 g/mol. The minimum atomic E-state index is -4.64. The van der Waals surface area contributed by atoms with Crippen molar-refractivity contribution < 1.29 is 37.4 Å². The van der Waals surface area contributed by atoms with Crippen molar-refractivity contribution in [2.45, 2.75) is 11.7 Å². The summed E-state index contributed by atoms with van der Waals surface area (Å²) >= 11 is 0. The van der Waals surface area contributed by atoms with Gasteiger partial charge in [0.15, 0.2) is 0 Å². The lowest BCUT2D eigenvalue weighted by atomic mass is 10.3. The first-order chi connectivity index (χ1) is 17.4. The minimum absolute atomic E-state index is 0.103. The molecular formula is C26H24O8P2. The lowest BCUT2D eigenvalue weighted by Gasteiger charge is -2.30. The average Bonchev–Trinajstić information content (AvgIpc) is 2.90. The molecule has 186 valence electrons. The summed E-state index contributed by atoms with van der Waals surface area (Å²) in [5.74, 6) is -4.24. The zero-order valence-electron chi connectivity index (χ0n) is 18.9. The molecule has 2 atom stereocenters. The maximum absolute atomic E-state index is 14.0. The van der Waals surface area contributed by atoms with Crippen LogP contribution in [-0.2, 0) is 9.13 Å². The lowest BCUT2D eigenvalue weighted by Crippen LogP contribution is -2.32. The van der Waals surface area contributed by atoms with Crippen LogP contribution in [0.4, 0.5) is 0 Å². The third-order valence-electron chi connectivity index (χ3n) is 4.82. The van der Waals surface area contributed by atoms with Gasteiger partial charge in [-0.2, -0.15) is 0 Å². The highest BCUT2D eigenvalue weighted by Gasteiger charge is 2.54. The molecule has 0 aromatic heterocycles. The van der Waals surface area contributed by atoms with Gasteiger partial charge in [0, 0.05) is 0 Å². The highest BCUT2D eigenvalue weighted by molar-refractivity contribution is 7.59. The first-order valence-electron chi connectivity index (χ1n) is 10.9. The molecule has 0 radical (unpaired) electrons. The number of hydrogen-bond acceptors (Lipinski definition) is 8. The van der Waals surface area contributed by atoms with Crippen molar-refractivity contribution in [3.05, 3.63) is 121 Å². The molecule has 4 aromatic carbocycles. The third-order valence-corrected chi connectivity index (χ3v) is 8.78. The molecule has 0 amide bonds. The van der Waals surface area contributed by atoms with E-state index >= 15 is 0 Å². The molecule has 0 heterocycles. The van der Waals surface area contributed by atoms with Crippen molar-refractivity contribution in [3.63, 3.8) is 0 Å². The van der Waals surface area contributed by atoms with E-state index in [1.165, 1.54) is 48.5 Å². The van der Waals surface area contributed by atoms with Gasteiger partial charge in [0.1, 0.15) is 23.0 Å². The zero-order chi connectivity index (χ0) is 25.4. The van der Waals surface area contributed by atoms with E-state index in [1.54, 1.807) is 72.8 Å². The van der Waals surface area contributed by atoms with Gasteiger partial charge >= 0.3 is 15.2 Å². The molecule has 0 saturated carbocycles. The van der Waals surface area contributed by atoms with Gasteiger partial charge in [0.25, 0.3) is 0 Å². The second-order valence-corrected chi connectivity index (χ2v) is 11.5. The Morgan fingerprint density at radius 1 is 0.417 bits per heavy atom. The van der Waals surface area contributed by atoms with Crippen LogP contribution in [0.15, 0.2) is 121 Å². The Morgan fingerprint density at radius 3 is 0.806 bits per heavy atom. The predicted octanol–water partition coefficient (Wildman–Crippen LogP) is 6.33. The van der Waals surface area contributed by atoms with Gasteiger partial charge in [-0.15, -0.1) is 0 Å². The van der Waals surface area contributed by atoms with Crippen molar-refractivity contribution in [2.75, 3.05) is 0 Å². The van der Waals surface area contributed by atoms with Gasteiger partial charge in [0.05, 0.1) is 0 Å². The van der Waals surface area contributed by atoms with Crippen molar-refractivity contribution in [1.29, 1.82) is 0 Å². The van der Waals surface area contributed by atoms with Crippen molar-refractivity contribution >= 4 is 15.2 Å². The molecule has 8 nitrogen and oxygen atoms in total. The SMILES string of the molecule is O=P(Oc1ccccc1)(Oc1ccccc1)C(O)C(O)P(=O)(Oc1ccccc1)Oc1ccccc1. The van der Waals surface area contributed by atoms with Crippen LogP contribution in [0.5, 0.6) is 23.0 Å². The van der Waals surface area contributed by atoms with Crippen LogP contribution in [-0.4, -0.2) is 21.9 Å². The first kappa shape index (κ1) is 25.5. The number of aliphatic hydroxyl groups is 2. The Hall–Kier alpha value is -3.54. The van der Waals surface area contributed by atoms with E-state index in [1.807, 2.05) is 0 Å². The van der Waals surface area contributed by atoms with E-state index in [2.05, 4.69) is 0 Å². The highest BCUT2D eigenvalue weighted by Crippen LogP contribution is 2.61. The number of benzene rings is 4. The molecule has 0 saturated heterocycles. The van der Waals surface area contributed by atoms with Crippen molar-refractivity contribution in [1.82, 2.24) is 0 Å². The number of hydrogen-bond donors (Lipinski definition) is 2. The van der Waals surface area contributed by atoms with Gasteiger partial charge in [-0.3, -0.25) is 0 Å². The molecule has 0 fully saturated rings. The number of rotatable bonds is 11. The van der Waals surface area contributed by atoms with Gasteiger partial charge < -0.3 is 28.3 Å². The molecule has 0 bridgehead atoms. The van der Waals surface area contributed by atoms with E-state index in [0.29, 0.717) is 0 Å². The maximum atomic E-state index is 14.0. The molecule has 0 aliphatic heterocycles. The summed E-state index contributed by atoms with van der Waals surface area (Å²) in [5.41, 5.74) is 0. The normalized spacial score (nSPS) is 13.3. The fourth-order valence-corrected chi connectivity index (χ4v) is 6.89. The van der Waals surface area contributed by atoms with E-state index in [4.69, 9.17) is 18.1 Å². The zero-order valence-corrected chi connectivity index (χ0v) is 20.7. The quantitative estimate of drug-likeness (QED) is 0.218. The Balaban J connectivity index is 1.70. The summed E-state index contributed by atoms with van der Waals surface area (Å²) in [6.45, 7) is 0. The van der Waals surface area contributed by atoms with Crippen molar-refractivity contribution in [2.24, 2.45) is 0 Å². The Morgan fingerprint density at radius 2 is 0.611 bits per heavy atom. The van der Waals surface area contributed by atoms with Crippen LogP contribution in [0.3, 0.4) is 0 Å². The van der Waals surface area contributed by atoms with Gasteiger partial charge in [-0.05, 0) is 48.5 Å². The summed E-state index contributed by atoms with van der Waals surface area (Å²) < 4.78 is 50.2. The first-order valence-corrected chi connectivity index (χ1v) is 14.1. The number of aliphatic hydroxyl groups excluding tert-OH is 2. The second-order valence-electron chi connectivity index (χ2n) is 7.52. The fourth-order valence-electron chi connectivity index (χ4n) is 3.09. The van der Waals surface area contributed by atoms with Crippen LogP contribution in [0.1, 0.15) is 0 Å². The standard InChI is InChI=1S/C26H24O8P2/c27-25(35(29,31-21-13-5-1-6-14-21)32-22-15-7-2-8-16-22)26(28)36(30,33-23-17-9-3-10-18-23)34-24-19-11-4-12-20-24/h1-20,25-28H. The Kier molecular flexibility index (Phi) is 8.14. The smallest absolute Gasteiger partial charge is 0.414 e. The summed E-state index contributed by atoms with van der Waals surface area (Å²) in [6.07, 6.45) is 0. The van der Waals surface area contributed by atoms with E-state index < -0.39 is 26.9 Å². The summed E-state index contributed by atoms with van der Waals surface area (Å²) in [6, 6.07) is 31.9. The molecule has 0 aliphatic carbocycles. The molecule has 4 rings (SSSR count). The molecule has 10 heteroatoms. The van der Waals surface area contributed by atoms with Gasteiger partial charge in [-0.1, -0.05) is 72.8 Å². The van der Waals surface area contributed by atoms with Crippen LogP contribution in [0.2, 0.25) is 0 Å². The number of para-hydroxylation sites is 4. The summed E-state index contributed by atoms with van der Waals surface area (Å²) in [5, 5.41) is 22.3. The molecule has 2 unspecified atom stereocenters. The Bertz CT molecular complexity index is 1130. The van der Waals surface area contributed by atoms with Crippen molar-refractivity contribution in [3.8, 4) is 23.0 Å². The van der Waals surface area contributed by atoms with Crippen LogP contribution < -0.4 is 18.1 Å². The molecule has 0 spiro atoms. The van der Waals surface area contributed by atoms with Gasteiger partial charge in [0.2, 0.25) is 11.7 Å². The van der Waals surface area contributed by atoms with Crippen LogP contribution in [0, 0.1) is 0 Å². The largest absolute Gasteiger partial charge is 0.462 e. The van der Waals surface area contributed by atoms with Crippen LogP contribution >= 0.6 is 15.2 Å². The molecule has 36 heavy (non-hydrogen) atoms. The van der Waals surface area contributed by atoms with E-state index in [0.717, 1.165) is 0 Å². The molecule has 4 aromatic rings. The molecular weight excluding hydrogens is 502 g/mol. The fraction of sp³-hybridized carbons (Fsp3) is 0.0769. The molecule has 0 aliphatic rings. The van der Waals surface area contributed by atoms with E-state index in [9.17, 15) is 19.3 Å². The van der Waals surface area contributed by atoms with E-state index in [-0.39, 0.29) is 23.0 Å². The third kappa shape index (κ3) is 6.36. The highest BCUT2D eigenvalue weighted by atomic mass is 31.2. The second kappa shape index (κ2) is 11.5. The molecule has 2 N–H and O–H groups in total. The Labute approximate surface area is 208 Å². The minimum Gasteiger partial charge on any atom is -0.414 e. The predicted molar refractivity (Wildman–Crippen MR) is 136 cm³/mol. The summed E-state index contributed by atoms with van der Waals surface area (Å²) in [7, 11) is -9.29. The average molecular weight is 526 g/mol. The van der Waals surface area contributed by atoms with Crippen LogP contribution in [0.25, 0.3) is 0 Å². The van der Waals surface area contributed by atoms with Gasteiger partial charge in [-0.25, -0.2) is 9.13 Å². The lowest BCUT2D eigenvalue weighted by molar-refractivity contribution is 0.0874. The summed E-state index contributed by atoms with van der Waals surface area (Å²) in [4.78, 5) is 0.